The minimum Gasteiger partial charge on any atom is -0.456 e. The van der Waals surface area contributed by atoms with Gasteiger partial charge in [-0.15, -0.1) is 0 Å². The standard InChI is InChI=1S/4C15H12.4C13H10O/c1-11-5-4-7-13-10-9-12-6-2-3-8-14(12)15(11)13;1-11-10-12-6-2-3-8-14(12)15-9-5-4-7-13(11)15;1-11-5-4-8-14-9-12-6-2-3-7-13(12)10-15(11)14;1-11-6-7-14-9-12-4-2-3-5-13(12)10-15(14)8-11;1-9-5-4-7-11-10-6-2-3-8-12(10)14-13(9)11;1-9-5-4-8-12-13(9)10-6-2-3-7-11(10)14-12;1-9-6-7-13-11(8-9)10-4-2-3-5-12(10)14-13;1-9-6-7-11-10-4-2-3-5-12(10)14-13(11)8-9/h4*2-10H,1H3;4*2-8H,1H3. The number of furan rings is 4. The van der Waals surface area contributed by atoms with Crippen molar-refractivity contribution in [1.82, 2.24) is 0 Å². The minimum absolute atomic E-state index is 0.966. The molecule has 0 radical (unpaired) electrons. The summed E-state index contributed by atoms with van der Waals surface area (Å²) >= 11 is 0. The molecule has 0 aliphatic heterocycles. The quantitative estimate of drug-likeness (QED) is 0.112. The Hall–Kier alpha value is -14.3. The van der Waals surface area contributed by atoms with E-state index in [2.05, 4.69) is 353 Å². The zero-order chi connectivity index (χ0) is 79.2. The van der Waals surface area contributed by atoms with Crippen molar-refractivity contribution in [2.24, 2.45) is 0 Å². The summed E-state index contributed by atoms with van der Waals surface area (Å²) in [6, 6.07) is 136. The molecule has 0 amide bonds. The highest BCUT2D eigenvalue weighted by Gasteiger charge is 2.12. The Balaban J connectivity index is 0.0000000954. The molecule has 24 rings (SSSR count). The van der Waals surface area contributed by atoms with Gasteiger partial charge in [0.1, 0.15) is 44.7 Å². The largest absolute Gasteiger partial charge is 0.456 e. The first kappa shape index (κ1) is 74.4. The van der Waals surface area contributed by atoms with E-state index in [0.29, 0.717) is 0 Å². The Kier molecular flexibility index (Phi) is 21.3. The third-order valence-corrected chi connectivity index (χ3v) is 22.1. The van der Waals surface area contributed by atoms with Crippen molar-refractivity contribution in [2.75, 3.05) is 0 Å². The molecule has 0 aliphatic rings. The Morgan fingerprint density at radius 2 is 0.509 bits per heavy atom. The molecule has 4 heterocycles. The van der Waals surface area contributed by atoms with Crippen LogP contribution in [0.15, 0.2) is 406 Å². The van der Waals surface area contributed by atoms with E-state index in [-0.39, 0.29) is 0 Å². The van der Waals surface area contributed by atoms with Gasteiger partial charge >= 0.3 is 0 Å². The molecule has 20 aromatic carbocycles. The first-order valence-corrected chi connectivity index (χ1v) is 39.8. The predicted molar refractivity (Wildman–Crippen MR) is 499 cm³/mol. The van der Waals surface area contributed by atoms with Gasteiger partial charge in [-0.05, 0) is 248 Å². The van der Waals surface area contributed by atoms with Gasteiger partial charge in [0.2, 0.25) is 0 Å². The van der Waals surface area contributed by atoms with Crippen molar-refractivity contribution in [2.45, 2.75) is 55.4 Å². The number of fused-ring (bicyclic) bond motifs is 22. The summed E-state index contributed by atoms with van der Waals surface area (Å²) in [6.45, 7) is 17.0. The highest BCUT2D eigenvalue weighted by atomic mass is 16.3. The lowest BCUT2D eigenvalue weighted by Crippen LogP contribution is -1.81. The van der Waals surface area contributed by atoms with Crippen molar-refractivity contribution in [3.05, 3.63) is 433 Å². The molecule has 4 heteroatoms. The van der Waals surface area contributed by atoms with Crippen molar-refractivity contribution in [3.63, 3.8) is 0 Å². The smallest absolute Gasteiger partial charge is 0.138 e. The van der Waals surface area contributed by atoms with Crippen LogP contribution < -0.4 is 0 Å². The van der Waals surface area contributed by atoms with Crippen LogP contribution in [0.25, 0.3) is 174 Å². The van der Waals surface area contributed by atoms with Gasteiger partial charge in [0.15, 0.2) is 0 Å². The molecular weight excluding hydrogens is 1410 g/mol. The molecular formula is C112H88O4. The van der Waals surface area contributed by atoms with E-state index in [4.69, 9.17) is 17.7 Å². The number of benzene rings is 20. The summed E-state index contributed by atoms with van der Waals surface area (Å²) in [5.41, 5.74) is 18.1. The summed E-state index contributed by atoms with van der Waals surface area (Å²) in [6.07, 6.45) is 0. The zero-order valence-corrected chi connectivity index (χ0v) is 66.6. The number of rotatable bonds is 0. The van der Waals surface area contributed by atoms with Gasteiger partial charge in [-0.25, -0.2) is 0 Å². The Bertz CT molecular complexity index is 7650. The number of hydrogen-bond donors (Lipinski definition) is 0. The van der Waals surface area contributed by atoms with E-state index in [1.165, 1.54) is 174 Å². The topological polar surface area (TPSA) is 52.6 Å². The summed E-state index contributed by atoms with van der Waals surface area (Å²) in [7, 11) is 0. The fraction of sp³-hybridized carbons (Fsp3) is 0.0714. The predicted octanol–water partition coefficient (Wildman–Crippen LogP) is 32.8. The molecule has 0 saturated carbocycles. The van der Waals surface area contributed by atoms with Crippen LogP contribution in [-0.2, 0) is 0 Å². The molecule has 0 aliphatic carbocycles. The molecule has 4 aromatic heterocycles. The Morgan fingerprint density at radius 3 is 1.20 bits per heavy atom. The first-order valence-electron chi connectivity index (χ1n) is 39.8. The molecule has 0 unspecified atom stereocenters. The maximum atomic E-state index is 5.78. The molecule has 24 aromatic rings. The number of para-hydroxylation sites is 5. The van der Waals surface area contributed by atoms with E-state index in [1.807, 2.05) is 91.0 Å². The summed E-state index contributed by atoms with van der Waals surface area (Å²) in [5, 5.41) is 31.0. The highest BCUT2D eigenvalue weighted by molar-refractivity contribution is 6.12. The second-order valence-electron chi connectivity index (χ2n) is 30.3. The molecule has 0 spiro atoms. The summed E-state index contributed by atoms with van der Waals surface area (Å²) in [5.74, 6) is 0. The van der Waals surface area contributed by atoms with Crippen molar-refractivity contribution in [3.8, 4) is 0 Å². The van der Waals surface area contributed by atoms with E-state index in [9.17, 15) is 0 Å². The second kappa shape index (κ2) is 33.2. The number of aryl methyl sites for hydroxylation is 8. The van der Waals surface area contributed by atoms with Gasteiger partial charge in [-0.3, -0.25) is 0 Å². The average molecular weight is 1500 g/mol. The van der Waals surface area contributed by atoms with Crippen molar-refractivity contribution >= 4 is 174 Å². The van der Waals surface area contributed by atoms with E-state index in [1.54, 1.807) is 0 Å². The molecule has 0 saturated heterocycles. The normalized spacial score (nSPS) is 11.1. The fourth-order valence-electron chi connectivity index (χ4n) is 16.2. The third kappa shape index (κ3) is 15.7. The SMILES string of the molecule is Cc1cc2ccccc2c2ccccc12.Cc1ccc2c(c1)oc1ccccc12.Cc1ccc2cc3ccccc3cc2c1.Cc1ccc2oc3ccccc3c2c1.Cc1cccc2c1oc1ccccc12.Cc1cccc2cc3ccccc3cc12.Cc1cccc2ccc3ccccc3c12.Cc1cccc2oc3ccccc3c12. The maximum Gasteiger partial charge on any atom is 0.138 e. The van der Waals surface area contributed by atoms with Gasteiger partial charge in [0.05, 0.1) is 0 Å². The lowest BCUT2D eigenvalue weighted by molar-refractivity contribution is 0.665. The van der Waals surface area contributed by atoms with Crippen LogP contribution >= 0.6 is 0 Å². The van der Waals surface area contributed by atoms with E-state index >= 15 is 0 Å². The minimum atomic E-state index is 0.966. The lowest BCUT2D eigenvalue weighted by atomic mass is 9.98. The molecule has 560 valence electrons. The highest BCUT2D eigenvalue weighted by Crippen LogP contribution is 2.36. The van der Waals surface area contributed by atoms with Crippen LogP contribution in [0.1, 0.15) is 44.5 Å². The Morgan fingerprint density at radius 1 is 0.138 bits per heavy atom. The average Bonchev–Trinajstić information content (AvgIpc) is 1.75. The fourth-order valence-corrected chi connectivity index (χ4v) is 16.2. The Labute approximate surface area is 675 Å². The van der Waals surface area contributed by atoms with Crippen LogP contribution in [0.4, 0.5) is 0 Å². The molecule has 0 bridgehead atoms. The van der Waals surface area contributed by atoms with Gasteiger partial charge in [0.25, 0.3) is 0 Å². The monoisotopic (exact) mass is 1500 g/mol. The van der Waals surface area contributed by atoms with Crippen LogP contribution in [-0.4, -0.2) is 0 Å². The van der Waals surface area contributed by atoms with Gasteiger partial charge < -0.3 is 17.7 Å². The van der Waals surface area contributed by atoms with Gasteiger partial charge in [0, 0.05) is 43.1 Å². The maximum absolute atomic E-state index is 5.78. The molecule has 4 nitrogen and oxygen atoms in total. The summed E-state index contributed by atoms with van der Waals surface area (Å²) in [4.78, 5) is 0. The molecule has 0 fully saturated rings. The van der Waals surface area contributed by atoms with Crippen molar-refractivity contribution < 1.29 is 17.7 Å². The van der Waals surface area contributed by atoms with Crippen molar-refractivity contribution in [1.29, 1.82) is 0 Å². The molecule has 116 heavy (non-hydrogen) atoms. The van der Waals surface area contributed by atoms with Crippen LogP contribution in [0.2, 0.25) is 0 Å². The van der Waals surface area contributed by atoms with Gasteiger partial charge in [-0.1, -0.05) is 327 Å². The zero-order valence-electron chi connectivity index (χ0n) is 66.6. The lowest BCUT2D eigenvalue weighted by Gasteiger charge is -2.06. The second-order valence-corrected chi connectivity index (χ2v) is 30.3. The van der Waals surface area contributed by atoms with E-state index < -0.39 is 0 Å². The number of hydrogen-bond acceptors (Lipinski definition) is 4. The van der Waals surface area contributed by atoms with Gasteiger partial charge in [-0.2, -0.15) is 0 Å². The third-order valence-electron chi connectivity index (χ3n) is 22.1. The van der Waals surface area contributed by atoms with Crippen LogP contribution in [0.5, 0.6) is 0 Å². The van der Waals surface area contributed by atoms with Crippen LogP contribution in [0, 0.1) is 55.4 Å². The van der Waals surface area contributed by atoms with E-state index in [0.717, 1.165) is 44.7 Å². The first-order chi connectivity index (χ1) is 56.8. The molecule has 0 atom stereocenters. The molecule has 0 N–H and O–H groups in total. The summed E-state index contributed by atoms with van der Waals surface area (Å²) < 4.78 is 23.0. The van der Waals surface area contributed by atoms with Crippen LogP contribution in [0.3, 0.4) is 0 Å².